The lowest BCUT2D eigenvalue weighted by atomic mass is 10.2. The van der Waals surface area contributed by atoms with Crippen LogP contribution in [0.15, 0.2) is 29.4 Å². The first kappa shape index (κ1) is 20.8. The summed E-state index contributed by atoms with van der Waals surface area (Å²) in [5, 5.41) is 11.6. The van der Waals surface area contributed by atoms with Gasteiger partial charge in [0, 0.05) is 12.6 Å². The first-order valence-corrected chi connectivity index (χ1v) is 11.9. The quantitative estimate of drug-likeness (QED) is 0.682. The number of nitrogens with zero attached hydrogens (tertiary/aromatic N) is 3. The highest BCUT2D eigenvalue weighted by molar-refractivity contribution is 7.99. The highest BCUT2D eigenvalue weighted by atomic mass is 32.2. The van der Waals surface area contributed by atoms with Crippen LogP contribution in [-0.2, 0) is 21.2 Å². The van der Waals surface area contributed by atoms with Crippen molar-refractivity contribution in [3.8, 4) is 11.4 Å². The number of carbonyl (C=O) groups excluding carboxylic acids is 1. The highest BCUT2D eigenvalue weighted by Crippen LogP contribution is 2.27. The van der Waals surface area contributed by atoms with Gasteiger partial charge in [0.25, 0.3) is 0 Å². The lowest BCUT2D eigenvalue weighted by Gasteiger charge is -2.13. The summed E-state index contributed by atoms with van der Waals surface area (Å²) in [4.78, 5) is 12.2. The summed E-state index contributed by atoms with van der Waals surface area (Å²) < 4.78 is 39.0. The van der Waals surface area contributed by atoms with Crippen LogP contribution in [0.5, 0.6) is 0 Å². The molecule has 1 amide bonds. The van der Waals surface area contributed by atoms with Gasteiger partial charge in [-0.2, -0.15) is 0 Å². The van der Waals surface area contributed by atoms with Gasteiger partial charge in [0.1, 0.15) is 5.82 Å². The molecule has 2 heterocycles. The van der Waals surface area contributed by atoms with Gasteiger partial charge in [-0.3, -0.25) is 4.79 Å². The Bertz CT molecular complexity index is 959. The Hall–Kier alpha value is -1.94. The third-order valence-corrected chi connectivity index (χ3v) is 7.04. The number of carbonyl (C=O) groups is 1. The first-order chi connectivity index (χ1) is 13.2. The van der Waals surface area contributed by atoms with Crippen LogP contribution in [0, 0.1) is 11.7 Å². The van der Waals surface area contributed by atoms with Crippen LogP contribution < -0.4 is 5.32 Å². The molecule has 3 rings (SSSR count). The zero-order valence-electron chi connectivity index (χ0n) is 15.8. The topological polar surface area (TPSA) is 94.0 Å². The summed E-state index contributed by atoms with van der Waals surface area (Å²) in [5.74, 6) is 0.263. The lowest BCUT2D eigenvalue weighted by molar-refractivity contribution is -0.119. The van der Waals surface area contributed by atoms with E-state index < -0.39 is 9.84 Å². The van der Waals surface area contributed by atoms with E-state index in [4.69, 9.17) is 0 Å². The van der Waals surface area contributed by atoms with Gasteiger partial charge in [-0.05, 0) is 24.5 Å². The molecule has 2 aromatic rings. The van der Waals surface area contributed by atoms with E-state index >= 15 is 0 Å². The van der Waals surface area contributed by atoms with Crippen molar-refractivity contribution >= 4 is 27.5 Å². The maximum absolute atomic E-state index is 14.2. The van der Waals surface area contributed by atoms with Gasteiger partial charge in [0.15, 0.2) is 20.8 Å². The van der Waals surface area contributed by atoms with Crippen molar-refractivity contribution in [2.45, 2.75) is 38.0 Å². The molecular formula is C18H23FN4O3S2. The van der Waals surface area contributed by atoms with Gasteiger partial charge >= 0.3 is 0 Å². The van der Waals surface area contributed by atoms with Crippen LogP contribution >= 0.6 is 11.8 Å². The second-order valence-corrected chi connectivity index (χ2v) is 10.4. The Balaban J connectivity index is 1.71. The molecule has 28 heavy (non-hydrogen) atoms. The number of amides is 1. The first-order valence-electron chi connectivity index (χ1n) is 9.06. The number of aromatic nitrogens is 3. The van der Waals surface area contributed by atoms with Gasteiger partial charge in [-0.25, -0.2) is 12.8 Å². The van der Waals surface area contributed by atoms with Crippen LogP contribution in [0.25, 0.3) is 11.4 Å². The van der Waals surface area contributed by atoms with Crippen molar-refractivity contribution in [1.82, 2.24) is 20.1 Å². The minimum atomic E-state index is -3.04. The fourth-order valence-corrected chi connectivity index (χ4v) is 5.51. The van der Waals surface area contributed by atoms with Crippen LogP contribution in [0.1, 0.15) is 20.3 Å². The van der Waals surface area contributed by atoms with E-state index in [1.165, 1.54) is 17.8 Å². The molecule has 1 aromatic carbocycles. The fraction of sp³-hybridized carbons (Fsp3) is 0.500. The van der Waals surface area contributed by atoms with Crippen molar-refractivity contribution < 1.29 is 17.6 Å². The van der Waals surface area contributed by atoms with E-state index in [2.05, 4.69) is 15.5 Å². The number of benzene rings is 1. The molecule has 1 fully saturated rings. The van der Waals surface area contributed by atoms with Gasteiger partial charge in [-0.15, -0.1) is 10.2 Å². The molecular weight excluding hydrogens is 403 g/mol. The van der Waals surface area contributed by atoms with Gasteiger partial charge in [0.2, 0.25) is 5.91 Å². The van der Waals surface area contributed by atoms with Gasteiger partial charge < -0.3 is 9.88 Å². The molecule has 10 heteroatoms. The molecule has 1 aliphatic heterocycles. The van der Waals surface area contributed by atoms with Gasteiger partial charge in [0.05, 0.1) is 22.8 Å². The zero-order valence-corrected chi connectivity index (χ0v) is 17.4. The number of sulfone groups is 1. The van der Waals surface area contributed by atoms with Crippen molar-refractivity contribution in [3.63, 3.8) is 0 Å². The summed E-state index contributed by atoms with van der Waals surface area (Å²) >= 11 is 1.21. The normalized spacial score (nSPS) is 18.5. The fourth-order valence-electron chi connectivity index (χ4n) is 3.08. The molecule has 1 aliphatic rings. The summed E-state index contributed by atoms with van der Waals surface area (Å²) in [6.07, 6.45) is 0.444. The second kappa shape index (κ2) is 8.60. The summed E-state index contributed by atoms with van der Waals surface area (Å²) in [6.45, 7) is 4.65. The molecule has 1 aromatic heterocycles. The van der Waals surface area contributed by atoms with Crippen molar-refractivity contribution in [2.24, 2.45) is 5.92 Å². The molecule has 1 atom stereocenters. The van der Waals surface area contributed by atoms with E-state index in [9.17, 15) is 17.6 Å². The van der Waals surface area contributed by atoms with E-state index in [1.54, 1.807) is 18.2 Å². The van der Waals surface area contributed by atoms with E-state index in [-0.39, 0.29) is 40.9 Å². The average molecular weight is 427 g/mol. The monoisotopic (exact) mass is 426 g/mol. The van der Waals surface area contributed by atoms with Gasteiger partial charge in [-0.1, -0.05) is 37.7 Å². The van der Waals surface area contributed by atoms with Crippen LogP contribution in [0.3, 0.4) is 0 Å². The number of hydrogen-bond acceptors (Lipinski definition) is 6. The maximum atomic E-state index is 14.2. The Labute approximate surface area is 168 Å². The molecule has 152 valence electrons. The molecule has 0 unspecified atom stereocenters. The summed E-state index contributed by atoms with van der Waals surface area (Å²) in [6, 6.07) is 6.05. The molecule has 7 nitrogen and oxygen atoms in total. The lowest BCUT2D eigenvalue weighted by Crippen LogP contribution is -2.36. The zero-order chi connectivity index (χ0) is 20.3. The Morgan fingerprint density at radius 3 is 2.75 bits per heavy atom. The van der Waals surface area contributed by atoms with E-state index in [1.807, 2.05) is 18.4 Å². The average Bonchev–Trinajstić information content (AvgIpc) is 3.16. The number of hydrogen-bond donors (Lipinski definition) is 1. The summed E-state index contributed by atoms with van der Waals surface area (Å²) in [5.41, 5.74) is 0.364. The minimum absolute atomic E-state index is 0.00955. The van der Waals surface area contributed by atoms with E-state index in [0.29, 0.717) is 29.5 Å². The second-order valence-electron chi connectivity index (χ2n) is 7.25. The van der Waals surface area contributed by atoms with Crippen LogP contribution in [0.2, 0.25) is 0 Å². The molecule has 1 saturated heterocycles. The Kier molecular flexibility index (Phi) is 6.39. The van der Waals surface area contributed by atoms with Crippen molar-refractivity contribution in [3.05, 3.63) is 30.1 Å². The highest BCUT2D eigenvalue weighted by Gasteiger charge is 2.29. The number of rotatable bonds is 7. The molecule has 0 aliphatic carbocycles. The maximum Gasteiger partial charge on any atom is 0.230 e. The summed E-state index contributed by atoms with van der Waals surface area (Å²) in [7, 11) is -3.04. The largest absolute Gasteiger partial charge is 0.352 e. The molecule has 0 bridgehead atoms. The van der Waals surface area contributed by atoms with E-state index in [0.717, 1.165) is 0 Å². The molecule has 1 N–H and O–H groups in total. The smallest absolute Gasteiger partial charge is 0.230 e. The Morgan fingerprint density at radius 1 is 1.36 bits per heavy atom. The predicted molar refractivity (Wildman–Crippen MR) is 106 cm³/mol. The van der Waals surface area contributed by atoms with Crippen molar-refractivity contribution in [1.29, 1.82) is 0 Å². The minimum Gasteiger partial charge on any atom is -0.352 e. The van der Waals surface area contributed by atoms with Crippen LogP contribution in [-0.4, -0.2) is 52.4 Å². The predicted octanol–water partition coefficient (Wildman–Crippen LogP) is 2.14. The third kappa shape index (κ3) is 5.11. The van der Waals surface area contributed by atoms with Crippen molar-refractivity contribution in [2.75, 3.05) is 17.3 Å². The number of halogens is 1. The SMILES string of the molecule is CC(C)Cn1c(SCC(=O)N[C@@H]2CCS(=O)(=O)C2)nnc1-c1ccccc1F. The molecule has 0 radical (unpaired) electrons. The molecule has 0 spiro atoms. The standard InChI is InChI=1S/C18H23FN4O3S2/c1-12(2)9-23-17(14-5-3-4-6-15(14)19)21-22-18(23)27-10-16(24)20-13-7-8-28(25,26)11-13/h3-6,12-13H,7-11H2,1-2H3,(H,20,24)/t13-/m1/s1. The number of nitrogens with one attached hydrogen (secondary N) is 1. The number of thioether (sulfide) groups is 1. The molecule has 0 saturated carbocycles. The third-order valence-electron chi connectivity index (χ3n) is 4.31. The Morgan fingerprint density at radius 2 is 2.11 bits per heavy atom. The van der Waals surface area contributed by atoms with Crippen LogP contribution in [0.4, 0.5) is 4.39 Å².